The van der Waals surface area contributed by atoms with E-state index in [-0.39, 0.29) is 30.9 Å². The summed E-state index contributed by atoms with van der Waals surface area (Å²) in [5.74, 6) is 0.105. The van der Waals surface area contributed by atoms with Gasteiger partial charge in [-0.3, -0.25) is 4.79 Å². The van der Waals surface area contributed by atoms with E-state index in [2.05, 4.69) is 26.1 Å². The van der Waals surface area contributed by atoms with Crippen LogP contribution in [0.3, 0.4) is 0 Å². The Morgan fingerprint density at radius 3 is 2.56 bits per heavy atom. The van der Waals surface area contributed by atoms with Crippen LogP contribution in [-0.4, -0.2) is 28.6 Å². The molecule has 0 fully saturated rings. The molecule has 1 atom stereocenters. The highest BCUT2D eigenvalue weighted by molar-refractivity contribution is 5.84. The van der Waals surface area contributed by atoms with E-state index in [4.69, 9.17) is 4.52 Å². The van der Waals surface area contributed by atoms with E-state index in [0.29, 0.717) is 18.1 Å². The number of nitrogens with zero attached hydrogens (tertiary/aromatic N) is 2. The highest BCUT2D eigenvalue weighted by Gasteiger charge is 2.18. The number of aromatic nitrogens is 2. The molecule has 1 aromatic heterocycles. The Bertz CT molecular complexity index is 717. The normalized spacial score (nSPS) is 11.6. The maximum absolute atomic E-state index is 12.8. The number of carbonyl (C=O) groups excluding carboxylic acids is 2. The van der Waals surface area contributed by atoms with Crippen LogP contribution in [0.15, 0.2) is 28.8 Å². The van der Waals surface area contributed by atoms with Gasteiger partial charge in [0.15, 0.2) is 5.82 Å². The lowest BCUT2D eigenvalue weighted by molar-refractivity contribution is -0.120. The van der Waals surface area contributed by atoms with Crippen LogP contribution in [0, 0.1) is 12.7 Å². The van der Waals surface area contributed by atoms with Gasteiger partial charge in [0.1, 0.15) is 5.82 Å². The number of hydrogen-bond donors (Lipinski definition) is 3. The van der Waals surface area contributed by atoms with Crippen molar-refractivity contribution in [2.45, 2.75) is 32.9 Å². The molecule has 134 valence electrons. The Balaban J connectivity index is 1.73. The summed E-state index contributed by atoms with van der Waals surface area (Å²) < 4.78 is 17.7. The van der Waals surface area contributed by atoms with Crippen molar-refractivity contribution in [3.05, 3.63) is 47.4 Å². The molecule has 0 saturated heterocycles. The zero-order chi connectivity index (χ0) is 18.2. The van der Waals surface area contributed by atoms with Gasteiger partial charge in [-0.1, -0.05) is 24.2 Å². The van der Waals surface area contributed by atoms with Crippen molar-refractivity contribution in [3.63, 3.8) is 0 Å². The smallest absolute Gasteiger partial charge is 0.315 e. The standard InChI is InChI=1S/C16H20FN5O3/c1-3-13(15-20-10(2)25-22-15)21-14(23)9-19-16(24)18-8-11-4-6-12(17)7-5-11/h4-7,13H,3,8-9H2,1-2H3,(H,21,23)(H2,18,19,24). The molecule has 0 spiro atoms. The maximum Gasteiger partial charge on any atom is 0.315 e. The third kappa shape index (κ3) is 5.87. The lowest BCUT2D eigenvalue weighted by atomic mass is 10.2. The van der Waals surface area contributed by atoms with Gasteiger partial charge in [-0.25, -0.2) is 9.18 Å². The summed E-state index contributed by atoms with van der Waals surface area (Å²) >= 11 is 0. The molecular weight excluding hydrogens is 329 g/mol. The number of hydrogen-bond acceptors (Lipinski definition) is 5. The second kappa shape index (κ2) is 8.76. The van der Waals surface area contributed by atoms with Crippen LogP contribution >= 0.6 is 0 Å². The Kier molecular flexibility index (Phi) is 6.44. The van der Waals surface area contributed by atoms with E-state index in [9.17, 15) is 14.0 Å². The van der Waals surface area contributed by atoms with Crippen molar-refractivity contribution in [2.24, 2.45) is 0 Å². The zero-order valence-electron chi connectivity index (χ0n) is 14.0. The number of rotatable bonds is 7. The fourth-order valence-electron chi connectivity index (χ4n) is 2.06. The van der Waals surface area contributed by atoms with Crippen molar-refractivity contribution in [2.75, 3.05) is 6.54 Å². The van der Waals surface area contributed by atoms with Crippen molar-refractivity contribution in [3.8, 4) is 0 Å². The van der Waals surface area contributed by atoms with Gasteiger partial charge in [0.2, 0.25) is 11.8 Å². The summed E-state index contributed by atoms with van der Waals surface area (Å²) in [6.45, 7) is 3.58. The lowest BCUT2D eigenvalue weighted by Gasteiger charge is -2.13. The van der Waals surface area contributed by atoms with E-state index in [1.54, 1.807) is 19.1 Å². The quantitative estimate of drug-likeness (QED) is 0.703. The number of halogens is 1. The molecular formula is C16H20FN5O3. The summed E-state index contributed by atoms with van der Waals surface area (Å²) in [7, 11) is 0. The van der Waals surface area contributed by atoms with E-state index in [1.165, 1.54) is 12.1 Å². The van der Waals surface area contributed by atoms with Crippen molar-refractivity contribution >= 4 is 11.9 Å². The summed E-state index contributed by atoms with van der Waals surface area (Å²) in [5.41, 5.74) is 0.750. The number of amides is 3. The molecule has 0 aliphatic rings. The molecule has 8 nitrogen and oxygen atoms in total. The first-order chi connectivity index (χ1) is 12.0. The van der Waals surface area contributed by atoms with E-state index < -0.39 is 6.03 Å². The van der Waals surface area contributed by atoms with Gasteiger partial charge in [0, 0.05) is 13.5 Å². The molecule has 2 rings (SSSR count). The summed E-state index contributed by atoms with van der Waals surface area (Å²) in [5, 5.41) is 11.5. The summed E-state index contributed by atoms with van der Waals surface area (Å²) in [6, 6.07) is 4.89. The zero-order valence-corrected chi connectivity index (χ0v) is 14.0. The van der Waals surface area contributed by atoms with E-state index in [1.807, 2.05) is 6.92 Å². The predicted octanol–water partition coefficient (Wildman–Crippen LogP) is 1.58. The van der Waals surface area contributed by atoms with Crippen LogP contribution in [0.1, 0.15) is 36.7 Å². The second-order valence-electron chi connectivity index (χ2n) is 5.36. The van der Waals surface area contributed by atoms with Gasteiger partial charge in [-0.2, -0.15) is 4.98 Å². The maximum atomic E-state index is 12.8. The topological polar surface area (TPSA) is 109 Å². The molecule has 9 heteroatoms. The number of nitrogens with one attached hydrogen (secondary N) is 3. The van der Waals surface area contributed by atoms with Crippen LogP contribution in [0.25, 0.3) is 0 Å². The lowest BCUT2D eigenvalue weighted by Crippen LogP contribution is -2.42. The Morgan fingerprint density at radius 2 is 1.96 bits per heavy atom. The fraction of sp³-hybridized carbons (Fsp3) is 0.375. The van der Waals surface area contributed by atoms with Crippen LogP contribution < -0.4 is 16.0 Å². The fourth-order valence-corrected chi connectivity index (χ4v) is 2.06. The number of urea groups is 1. The van der Waals surface area contributed by atoms with E-state index >= 15 is 0 Å². The van der Waals surface area contributed by atoms with Gasteiger partial charge in [-0.15, -0.1) is 0 Å². The van der Waals surface area contributed by atoms with Gasteiger partial charge < -0.3 is 20.5 Å². The SMILES string of the molecule is CCC(NC(=O)CNC(=O)NCc1ccc(F)cc1)c1noc(C)n1. The first-order valence-electron chi connectivity index (χ1n) is 7.83. The van der Waals surface area contributed by atoms with Crippen molar-refractivity contribution < 1.29 is 18.5 Å². The minimum Gasteiger partial charge on any atom is -0.344 e. The summed E-state index contributed by atoms with van der Waals surface area (Å²) in [6.07, 6.45) is 0.585. The number of benzene rings is 1. The molecule has 1 heterocycles. The van der Waals surface area contributed by atoms with Gasteiger partial charge in [-0.05, 0) is 24.1 Å². The highest BCUT2D eigenvalue weighted by atomic mass is 19.1. The second-order valence-corrected chi connectivity index (χ2v) is 5.36. The minimum atomic E-state index is -0.497. The van der Waals surface area contributed by atoms with E-state index in [0.717, 1.165) is 5.56 Å². The molecule has 3 N–H and O–H groups in total. The van der Waals surface area contributed by atoms with Crippen molar-refractivity contribution in [1.82, 2.24) is 26.1 Å². The average Bonchev–Trinajstić information content (AvgIpc) is 3.03. The Hall–Kier alpha value is -2.97. The van der Waals surface area contributed by atoms with Crippen LogP contribution in [0.2, 0.25) is 0 Å². The molecule has 2 aromatic rings. The first-order valence-corrected chi connectivity index (χ1v) is 7.83. The third-order valence-corrected chi connectivity index (χ3v) is 3.37. The largest absolute Gasteiger partial charge is 0.344 e. The Morgan fingerprint density at radius 1 is 1.24 bits per heavy atom. The molecule has 0 radical (unpaired) electrons. The number of carbonyl (C=O) groups is 2. The average molecular weight is 349 g/mol. The molecule has 1 unspecified atom stereocenters. The van der Waals surface area contributed by atoms with Crippen LogP contribution in [0.5, 0.6) is 0 Å². The molecule has 3 amide bonds. The van der Waals surface area contributed by atoms with Crippen LogP contribution in [-0.2, 0) is 11.3 Å². The Labute approximate surface area is 144 Å². The van der Waals surface area contributed by atoms with Crippen molar-refractivity contribution in [1.29, 1.82) is 0 Å². The third-order valence-electron chi connectivity index (χ3n) is 3.37. The number of aryl methyl sites for hydroxylation is 1. The van der Waals surface area contributed by atoms with Gasteiger partial charge in [0.05, 0.1) is 12.6 Å². The molecule has 0 bridgehead atoms. The first kappa shape index (κ1) is 18.4. The molecule has 0 saturated carbocycles. The predicted molar refractivity (Wildman–Crippen MR) is 86.8 cm³/mol. The highest BCUT2D eigenvalue weighted by Crippen LogP contribution is 2.12. The molecule has 0 aliphatic heterocycles. The molecule has 1 aromatic carbocycles. The monoisotopic (exact) mass is 349 g/mol. The van der Waals surface area contributed by atoms with Crippen LogP contribution in [0.4, 0.5) is 9.18 Å². The minimum absolute atomic E-state index is 0.192. The summed E-state index contributed by atoms with van der Waals surface area (Å²) in [4.78, 5) is 27.7. The molecule has 0 aliphatic carbocycles. The molecule has 25 heavy (non-hydrogen) atoms. The van der Waals surface area contributed by atoms with Gasteiger partial charge >= 0.3 is 6.03 Å². The van der Waals surface area contributed by atoms with Gasteiger partial charge in [0.25, 0.3) is 0 Å².